The molecule has 5 aromatic rings. The summed E-state index contributed by atoms with van der Waals surface area (Å²) in [5.74, 6) is 1.89. The number of nitrogens with zero attached hydrogens (tertiary/aromatic N) is 3. The standard InChI is InChI=1S/C34H29BrCl3N3O3/c1-5-43-31-12-20(4)26(16-25(31)19(2)3)33-40-30-9-7-6-8-24(30)34(42)41(33)39-17-21-13-27(35)32(29(38)14-21)44-18-22-10-11-23(36)15-28(22)37/h6-17,19H,5,18H2,1-4H3. The molecule has 44 heavy (non-hydrogen) atoms. The Morgan fingerprint density at radius 2 is 1.77 bits per heavy atom. The molecule has 0 unspecified atom stereocenters. The van der Waals surface area contributed by atoms with Gasteiger partial charge in [0.25, 0.3) is 5.56 Å². The van der Waals surface area contributed by atoms with Crippen molar-refractivity contribution in [1.29, 1.82) is 0 Å². The third-order valence-electron chi connectivity index (χ3n) is 7.00. The maximum Gasteiger partial charge on any atom is 0.282 e. The highest BCUT2D eigenvalue weighted by Gasteiger charge is 2.19. The highest BCUT2D eigenvalue weighted by Crippen LogP contribution is 2.36. The van der Waals surface area contributed by atoms with E-state index in [-0.39, 0.29) is 18.1 Å². The molecule has 0 spiro atoms. The van der Waals surface area contributed by atoms with Gasteiger partial charge in [0.1, 0.15) is 12.4 Å². The smallest absolute Gasteiger partial charge is 0.282 e. The largest absolute Gasteiger partial charge is 0.494 e. The fourth-order valence-electron chi connectivity index (χ4n) is 4.78. The van der Waals surface area contributed by atoms with E-state index in [9.17, 15) is 4.79 Å². The zero-order chi connectivity index (χ0) is 31.5. The molecule has 0 N–H and O–H groups in total. The van der Waals surface area contributed by atoms with Crippen LogP contribution < -0.4 is 15.0 Å². The summed E-state index contributed by atoms with van der Waals surface area (Å²) in [4.78, 5) is 18.7. The van der Waals surface area contributed by atoms with E-state index in [4.69, 9.17) is 49.3 Å². The molecule has 0 radical (unpaired) electrons. The number of rotatable bonds is 9. The summed E-state index contributed by atoms with van der Waals surface area (Å²) in [5.41, 5.74) is 4.45. The number of halogens is 4. The molecular weight excluding hydrogens is 685 g/mol. The second kappa shape index (κ2) is 13.7. The van der Waals surface area contributed by atoms with E-state index in [1.807, 2.05) is 50.2 Å². The topological polar surface area (TPSA) is 65.7 Å². The average molecular weight is 714 g/mol. The Labute approximate surface area is 279 Å². The van der Waals surface area contributed by atoms with Crippen molar-refractivity contribution in [2.75, 3.05) is 6.61 Å². The van der Waals surface area contributed by atoms with E-state index in [2.05, 4.69) is 34.9 Å². The van der Waals surface area contributed by atoms with Gasteiger partial charge in [0.2, 0.25) is 0 Å². The zero-order valence-corrected chi connectivity index (χ0v) is 28.4. The molecule has 0 aliphatic heterocycles. The molecule has 0 fully saturated rings. The van der Waals surface area contributed by atoms with Crippen molar-refractivity contribution < 1.29 is 9.47 Å². The number of fused-ring (bicyclic) bond motifs is 1. The van der Waals surface area contributed by atoms with Gasteiger partial charge in [-0.2, -0.15) is 9.78 Å². The SMILES string of the molecule is CCOc1cc(C)c(-c2nc3ccccc3c(=O)n2N=Cc2cc(Cl)c(OCc3ccc(Cl)cc3Cl)c(Br)c2)cc1C(C)C. The number of aromatic nitrogens is 2. The average Bonchev–Trinajstić information content (AvgIpc) is 2.97. The first-order valence-electron chi connectivity index (χ1n) is 14.0. The van der Waals surface area contributed by atoms with Crippen molar-refractivity contribution in [3.8, 4) is 22.9 Å². The highest BCUT2D eigenvalue weighted by molar-refractivity contribution is 9.10. The Hall–Kier alpha value is -3.36. The lowest BCUT2D eigenvalue weighted by Gasteiger charge is -2.18. The molecule has 0 saturated carbocycles. The Bertz CT molecular complexity index is 1930. The van der Waals surface area contributed by atoms with Crippen LogP contribution in [0.4, 0.5) is 0 Å². The number of aryl methyl sites for hydroxylation is 1. The summed E-state index contributed by atoms with van der Waals surface area (Å²) < 4.78 is 13.9. The van der Waals surface area contributed by atoms with Gasteiger partial charge in [0.15, 0.2) is 11.6 Å². The molecule has 10 heteroatoms. The van der Waals surface area contributed by atoms with Crippen LogP contribution in [-0.2, 0) is 6.61 Å². The quantitative estimate of drug-likeness (QED) is 0.143. The van der Waals surface area contributed by atoms with Crippen molar-refractivity contribution >= 4 is 67.9 Å². The van der Waals surface area contributed by atoms with Gasteiger partial charge in [-0.3, -0.25) is 4.79 Å². The van der Waals surface area contributed by atoms with Crippen molar-refractivity contribution in [1.82, 2.24) is 9.66 Å². The van der Waals surface area contributed by atoms with E-state index in [0.717, 1.165) is 28.0 Å². The van der Waals surface area contributed by atoms with E-state index in [1.165, 1.54) is 4.68 Å². The third kappa shape index (κ3) is 6.81. The van der Waals surface area contributed by atoms with E-state index in [0.29, 0.717) is 54.2 Å². The van der Waals surface area contributed by atoms with Crippen LogP contribution >= 0.6 is 50.7 Å². The summed E-state index contributed by atoms with van der Waals surface area (Å²) in [6, 6.07) is 20.0. The Morgan fingerprint density at radius 1 is 1.00 bits per heavy atom. The molecule has 0 aliphatic carbocycles. The predicted octanol–water partition coefficient (Wildman–Crippen LogP) is 10.1. The van der Waals surface area contributed by atoms with E-state index in [1.54, 1.807) is 36.5 Å². The molecule has 0 amide bonds. The lowest BCUT2D eigenvalue weighted by molar-refractivity contribution is 0.304. The molecule has 226 valence electrons. The Kier molecular flexibility index (Phi) is 10.0. The maximum atomic E-state index is 13.8. The first-order chi connectivity index (χ1) is 21.1. The van der Waals surface area contributed by atoms with Gasteiger partial charge in [0.05, 0.1) is 33.2 Å². The Balaban J connectivity index is 1.56. The molecule has 1 aromatic heterocycles. The molecule has 4 aromatic carbocycles. The van der Waals surface area contributed by atoms with Crippen molar-refractivity contribution in [3.05, 3.63) is 119 Å². The first-order valence-corrected chi connectivity index (χ1v) is 15.9. The molecular formula is C34H29BrCl3N3O3. The van der Waals surface area contributed by atoms with Crippen LogP contribution in [0.25, 0.3) is 22.3 Å². The summed E-state index contributed by atoms with van der Waals surface area (Å²) >= 11 is 22.5. The van der Waals surface area contributed by atoms with Crippen molar-refractivity contribution in [2.45, 2.75) is 40.2 Å². The molecule has 0 aliphatic rings. The van der Waals surface area contributed by atoms with Crippen LogP contribution in [0.5, 0.6) is 11.5 Å². The second-order valence-electron chi connectivity index (χ2n) is 10.4. The van der Waals surface area contributed by atoms with Gasteiger partial charge < -0.3 is 9.47 Å². The molecule has 0 atom stereocenters. The Morgan fingerprint density at radius 3 is 2.48 bits per heavy atom. The number of benzene rings is 4. The number of para-hydroxylation sites is 1. The van der Waals surface area contributed by atoms with E-state index < -0.39 is 0 Å². The van der Waals surface area contributed by atoms with Crippen molar-refractivity contribution in [2.24, 2.45) is 5.10 Å². The van der Waals surface area contributed by atoms with Gasteiger partial charge in [-0.15, -0.1) is 0 Å². The van der Waals surface area contributed by atoms with Crippen LogP contribution in [0.15, 0.2) is 81.1 Å². The van der Waals surface area contributed by atoms with Crippen LogP contribution in [0.1, 0.15) is 48.9 Å². The number of ether oxygens (including phenoxy) is 2. The van der Waals surface area contributed by atoms with Crippen LogP contribution in [0, 0.1) is 6.92 Å². The van der Waals surface area contributed by atoms with Gasteiger partial charge in [-0.25, -0.2) is 4.98 Å². The molecule has 0 saturated heterocycles. The highest BCUT2D eigenvalue weighted by atomic mass is 79.9. The summed E-state index contributed by atoms with van der Waals surface area (Å²) in [6.45, 7) is 8.90. The summed E-state index contributed by atoms with van der Waals surface area (Å²) in [5, 5.41) is 6.51. The van der Waals surface area contributed by atoms with Gasteiger partial charge in [-0.05, 0) is 101 Å². The fourth-order valence-corrected chi connectivity index (χ4v) is 6.23. The third-order valence-corrected chi connectivity index (χ3v) is 8.46. The molecule has 1 heterocycles. The lowest BCUT2D eigenvalue weighted by Crippen LogP contribution is -2.21. The fraction of sp³-hybridized carbons (Fsp3) is 0.206. The number of hydrogen-bond acceptors (Lipinski definition) is 5. The van der Waals surface area contributed by atoms with Crippen molar-refractivity contribution in [3.63, 3.8) is 0 Å². The predicted molar refractivity (Wildman–Crippen MR) is 184 cm³/mol. The first kappa shape index (κ1) is 32.0. The molecule has 6 nitrogen and oxygen atoms in total. The minimum Gasteiger partial charge on any atom is -0.494 e. The van der Waals surface area contributed by atoms with E-state index >= 15 is 0 Å². The lowest BCUT2D eigenvalue weighted by atomic mass is 9.96. The minimum absolute atomic E-state index is 0.191. The monoisotopic (exact) mass is 711 g/mol. The minimum atomic E-state index is -0.286. The number of hydrogen-bond donors (Lipinski definition) is 0. The normalized spacial score (nSPS) is 11.6. The van der Waals surface area contributed by atoms with Crippen LogP contribution in [0.2, 0.25) is 15.1 Å². The van der Waals surface area contributed by atoms with Gasteiger partial charge >= 0.3 is 0 Å². The van der Waals surface area contributed by atoms with Crippen LogP contribution in [0.3, 0.4) is 0 Å². The summed E-state index contributed by atoms with van der Waals surface area (Å²) in [7, 11) is 0. The van der Waals surface area contributed by atoms with Gasteiger partial charge in [-0.1, -0.05) is 66.8 Å². The zero-order valence-electron chi connectivity index (χ0n) is 24.5. The maximum absolute atomic E-state index is 13.8. The molecule has 0 bridgehead atoms. The second-order valence-corrected chi connectivity index (χ2v) is 12.6. The molecule has 5 rings (SSSR count). The van der Waals surface area contributed by atoms with Gasteiger partial charge in [0, 0.05) is 21.2 Å². The summed E-state index contributed by atoms with van der Waals surface area (Å²) in [6.07, 6.45) is 1.57. The van der Waals surface area contributed by atoms with Crippen LogP contribution in [-0.4, -0.2) is 22.5 Å².